The first-order valence-electron chi connectivity index (χ1n) is 11.6. The van der Waals surface area contributed by atoms with Gasteiger partial charge in [0, 0.05) is 43.3 Å². The quantitative estimate of drug-likeness (QED) is 0.612. The highest BCUT2D eigenvalue weighted by molar-refractivity contribution is 5.77. The average molecular weight is 442 g/mol. The summed E-state index contributed by atoms with van der Waals surface area (Å²) in [5.41, 5.74) is 6.12. The molecular formula is C24H38F3N3O. The minimum atomic E-state index is -4.34. The van der Waals surface area contributed by atoms with Crippen LogP contribution in [-0.4, -0.2) is 42.0 Å². The van der Waals surface area contributed by atoms with Gasteiger partial charge in [0.1, 0.15) is 0 Å². The summed E-state index contributed by atoms with van der Waals surface area (Å²) in [6, 6.07) is 6.01. The van der Waals surface area contributed by atoms with Crippen LogP contribution >= 0.6 is 0 Å². The van der Waals surface area contributed by atoms with E-state index in [0.717, 1.165) is 38.2 Å². The predicted octanol–water partition coefficient (Wildman–Crippen LogP) is 5.45. The molecule has 1 aliphatic heterocycles. The van der Waals surface area contributed by atoms with Gasteiger partial charge in [-0.1, -0.05) is 33.8 Å². The molecule has 1 aromatic rings. The largest absolute Gasteiger partial charge is 0.416 e. The molecule has 1 heterocycles. The maximum Gasteiger partial charge on any atom is 0.416 e. The maximum absolute atomic E-state index is 13.1. The summed E-state index contributed by atoms with van der Waals surface area (Å²) < 4.78 is 39.4. The Bertz CT molecular complexity index is 696. The fourth-order valence-electron chi connectivity index (χ4n) is 4.35. The van der Waals surface area contributed by atoms with Crippen LogP contribution in [0.25, 0.3) is 0 Å². The molecule has 1 saturated carbocycles. The number of piperidine rings is 1. The molecule has 1 atom stereocenters. The zero-order valence-corrected chi connectivity index (χ0v) is 19.3. The Morgan fingerprint density at radius 2 is 1.71 bits per heavy atom. The molecule has 0 radical (unpaired) electrons. The van der Waals surface area contributed by atoms with Crippen LogP contribution in [0.4, 0.5) is 18.9 Å². The topological polar surface area (TPSA) is 49.6 Å². The van der Waals surface area contributed by atoms with E-state index in [9.17, 15) is 18.0 Å². The smallest absolute Gasteiger partial charge is 0.365 e. The third-order valence-electron chi connectivity index (χ3n) is 5.83. The standard InChI is InChI=1S/C22H32F3N3O.C2H6/c1-15(2)12-17(26)14-21(29)27-10-8-19(9-11-27)28(18-6-7-18)20-5-3-4-16(13-20)22(23,24)25;1-2/h3-5,13,15,17-19H,6-12,14,26H2,1-2H3;1-2H3. The van der Waals surface area contributed by atoms with Gasteiger partial charge in [0.25, 0.3) is 0 Å². The number of rotatable bonds is 7. The van der Waals surface area contributed by atoms with Crippen LogP contribution in [0.5, 0.6) is 0 Å². The second kappa shape index (κ2) is 11.2. The highest BCUT2D eigenvalue weighted by Crippen LogP contribution is 2.39. The van der Waals surface area contributed by atoms with Crippen LogP contribution in [0.1, 0.15) is 71.8 Å². The molecule has 4 nitrogen and oxygen atoms in total. The fraction of sp³-hybridized carbons (Fsp3) is 0.708. The van der Waals surface area contributed by atoms with Crippen LogP contribution in [0, 0.1) is 5.92 Å². The molecule has 0 aromatic heterocycles. The Labute approximate surface area is 185 Å². The number of carbonyl (C=O) groups excluding carboxylic acids is 1. The summed E-state index contributed by atoms with van der Waals surface area (Å²) in [6.45, 7) is 9.46. The van der Waals surface area contributed by atoms with E-state index in [0.29, 0.717) is 37.2 Å². The summed E-state index contributed by atoms with van der Waals surface area (Å²) >= 11 is 0. The van der Waals surface area contributed by atoms with Crippen molar-refractivity contribution in [2.75, 3.05) is 18.0 Å². The van der Waals surface area contributed by atoms with Crippen molar-refractivity contribution >= 4 is 11.6 Å². The zero-order chi connectivity index (χ0) is 23.2. The van der Waals surface area contributed by atoms with Gasteiger partial charge in [-0.25, -0.2) is 0 Å². The Morgan fingerprint density at radius 3 is 2.23 bits per heavy atom. The van der Waals surface area contributed by atoms with Gasteiger partial charge in [-0.15, -0.1) is 0 Å². The van der Waals surface area contributed by atoms with E-state index >= 15 is 0 Å². The Morgan fingerprint density at radius 1 is 1.13 bits per heavy atom. The third kappa shape index (κ3) is 7.41. The van der Waals surface area contributed by atoms with Gasteiger partial charge in [-0.05, 0) is 56.2 Å². The molecule has 176 valence electrons. The van der Waals surface area contributed by atoms with Crippen LogP contribution in [0.2, 0.25) is 0 Å². The first-order valence-corrected chi connectivity index (χ1v) is 11.6. The lowest BCUT2D eigenvalue weighted by atomic mass is 9.98. The number of alkyl halides is 3. The molecule has 7 heteroatoms. The van der Waals surface area contributed by atoms with E-state index in [1.807, 2.05) is 18.7 Å². The lowest BCUT2D eigenvalue weighted by molar-refractivity contribution is -0.137. The van der Waals surface area contributed by atoms with Crippen molar-refractivity contribution in [3.8, 4) is 0 Å². The fourth-order valence-corrected chi connectivity index (χ4v) is 4.35. The van der Waals surface area contributed by atoms with Crippen LogP contribution in [0.3, 0.4) is 0 Å². The minimum Gasteiger partial charge on any atom is -0.365 e. The molecule has 1 aromatic carbocycles. The number of hydrogen-bond acceptors (Lipinski definition) is 3. The SMILES string of the molecule is CC.CC(C)CC(N)CC(=O)N1CCC(N(c2cccc(C(F)(F)F)c2)C2CC2)CC1. The van der Waals surface area contributed by atoms with Crippen molar-refractivity contribution in [1.29, 1.82) is 0 Å². The zero-order valence-electron chi connectivity index (χ0n) is 19.3. The van der Waals surface area contributed by atoms with E-state index < -0.39 is 11.7 Å². The lowest BCUT2D eigenvalue weighted by Gasteiger charge is -2.40. The molecule has 0 bridgehead atoms. The second-order valence-electron chi connectivity index (χ2n) is 8.89. The van der Waals surface area contributed by atoms with E-state index in [4.69, 9.17) is 5.73 Å². The van der Waals surface area contributed by atoms with Gasteiger partial charge in [0.15, 0.2) is 0 Å². The second-order valence-corrected chi connectivity index (χ2v) is 8.89. The lowest BCUT2D eigenvalue weighted by Crippen LogP contribution is -2.48. The highest BCUT2D eigenvalue weighted by Gasteiger charge is 2.38. The van der Waals surface area contributed by atoms with E-state index in [1.54, 1.807) is 6.07 Å². The number of amides is 1. The normalized spacial score (nSPS) is 18.4. The molecule has 1 saturated heterocycles. The third-order valence-corrected chi connectivity index (χ3v) is 5.83. The van der Waals surface area contributed by atoms with E-state index in [1.165, 1.54) is 12.1 Å². The Balaban J connectivity index is 0.00000166. The van der Waals surface area contributed by atoms with Crippen molar-refractivity contribution in [2.24, 2.45) is 11.7 Å². The molecule has 2 N–H and O–H groups in total. The number of nitrogens with two attached hydrogens (primary N) is 1. The minimum absolute atomic E-state index is 0.0913. The molecule has 1 amide bonds. The van der Waals surface area contributed by atoms with Crippen LogP contribution in [-0.2, 0) is 11.0 Å². The number of halogens is 3. The molecule has 1 unspecified atom stereocenters. The summed E-state index contributed by atoms with van der Waals surface area (Å²) in [6.07, 6.45) is 0.431. The highest BCUT2D eigenvalue weighted by atomic mass is 19.4. The van der Waals surface area contributed by atoms with Gasteiger partial charge in [0.2, 0.25) is 5.91 Å². The molecule has 1 aliphatic carbocycles. The Hall–Kier alpha value is -1.76. The summed E-state index contributed by atoms with van der Waals surface area (Å²) in [4.78, 5) is 16.6. The molecule has 2 aliphatic rings. The average Bonchev–Trinajstić information content (AvgIpc) is 3.54. The summed E-state index contributed by atoms with van der Waals surface area (Å²) in [5.74, 6) is 0.553. The van der Waals surface area contributed by atoms with E-state index in [2.05, 4.69) is 18.7 Å². The first kappa shape index (κ1) is 25.5. The van der Waals surface area contributed by atoms with Gasteiger partial charge < -0.3 is 15.5 Å². The monoisotopic (exact) mass is 441 g/mol. The van der Waals surface area contributed by atoms with Crippen molar-refractivity contribution in [2.45, 2.75) is 90.5 Å². The van der Waals surface area contributed by atoms with Crippen LogP contribution < -0.4 is 10.6 Å². The predicted molar refractivity (Wildman–Crippen MR) is 120 cm³/mol. The Kier molecular flexibility index (Phi) is 9.22. The first-order chi connectivity index (χ1) is 14.6. The molecule has 31 heavy (non-hydrogen) atoms. The van der Waals surface area contributed by atoms with Crippen molar-refractivity contribution in [3.63, 3.8) is 0 Å². The maximum atomic E-state index is 13.1. The number of carbonyl (C=O) groups is 1. The van der Waals surface area contributed by atoms with Crippen molar-refractivity contribution in [3.05, 3.63) is 29.8 Å². The number of likely N-dealkylation sites (tertiary alicyclic amines) is 1. The summed E-state index contributed by atoms with van der Waals surface area (Å²) in [7, 11) is 0. The molecule has 3 rings (SSSR count). The van der Waals surface area contributed by atoms with Gasteiger partial charge in [-0.3, -0.25) is 4.79 Å². The van der Waals surface area contributed by atoms with Crippen LogP contribution in [0.15, 0.2) is 24.3 Å². The molecule has 0 spiro atoms. The number of benzene rings is 1. The van der Waals surface area contributed by atoms with Gasteiger partial charge in [-0.2, -0.15) is 13.2 Å². The summed E-state index contributed by atoms with van der Waals surface area (Å²) in [5, 5.41) is 0. The number of anilines is 1. The molecule has 2 fully saturated rings. The van der Waals surface area contributed by atoms with Gasteiger partial charge in [0.05, 0.1) is 5.56 Å². The van der Waals surface area contributed by atoms with E-state index in [-0.39, 0.29) is 18.0 Å². The van der Waals surface area contributed by atoms with Crippen molar-refractivity contribution < 1.29 is 18.0 Å². The molecular weight excluding hydrogens is 403 g/mol. The number of nitrogens with zero attached hydrogens (tertiary/aromatic N) is 2. The number of hydrogen-bond donors (Lipinski definition) is 1. The van der Waals surface area contributed by atoms with Gasteiger partial charge >= 0.3 is 6.18 Å². The van der Waals surface area contributed by atoms with Crippen molar-refractivity contribution in [1.82, 2.24) is 4.90 Å².